The molecule has 3 aromatic rings. The molecule has 0 spiro atoms. The van der Waals surface area contributed by atoms with Crippen molar-refractivity contribution in [3.63, 3.8) is 0 Å². The van der Waals surface area contributed by atoms with Crippen LogP contribution in [0.15, 0.2) is 48.5 Å². The molecule has 0 saturated heterocycles. The quantitative estimate of drug-likeness (QED) is 0.548. The molecular formula is C27H31N3O3. The summed E-state index contributed by atoms with van der Waals surface area (Å²) in [5.41, 5.74) is 6.32. The Bertz CT molecular complexity index is 1160. The highest BCUT2D eigenvalue weighted by atomic mass is 16.5. The van der Waals surface area contributed by atoms with E-state index in [0.717, 1.165) is 40.4 Å². The second kappa shape index (κ2) is 9.94. The average molecular weight is 446 g/mol. The van der Waals surface area contributed by atoms with Gasteiger partial charge in [0.2, 0.25) is 5.91 Å². The van der Waals surface area contributed by atoms with Crippen molar-refractivity contribution in [3.05, 3.63) is 82.2 Å². The van der Waals surface area contributed by atoms with Crippen molar-refractivity contribution in [2.75, 3.05) is 13.2 Å². The highest BCUT2D eigenvalue weighted by Crippen LogP contribution is 2.32. The molecule has 2 heterocycles. The maximum absolute atomic E-state index is 12.6. The summed E-state index contributed by atoms with van der Waals surface area (Å²) in [6.07, 6.45) is 4.29. The molecule has 0 fully saturated rings. The number of ether oxygens (including phenoxy) is 2. The summed E-state index contributed by atoms with van der Waals surface area (Å²) in [5.74, 6) is 1.33. The van der Waals surface area contributed by atoms with Crippen molar-refractivity contribution in [1.29, 1.82) is 0 Å². The third-order valence-corrected chi connectivity index (χ3v) is 5.92. The van der Waals surface area contributed by atoms with Crippen LogP contribution in [0.1, 0.15) is 53.0 Å². The number of aryl methyl sites for hydroxylation is 2. The molecule has 1 aliphatic heterocycles. The van der Waals surface area contributed by atoms with E-state index in [-0.39, 0.29) is 11.9 Å². The van der Waals surface area contributed by atoms with Crippen LogP contribution >= 0.6 is 0 Å². The third-order valence-electron chi connectivity index (χ3n) is 5.92. The number of carbonyl (C=O) groups is 1. The number of aromatic nitrogens is 2. The zero-order valence-corrected chi connectivity index (χ0v) is 19.7. The Kier molecular flexibility index (Phi) is 6.82. The van der Waals surface area contributed by atoms with E-state index in [1.54, 1.807) is 6.08 Å². The average Bonchev–Trinajstić information content (AvgIpc) is 2.95. The Balaban J connectivity index is 1.41. The molecule has 1 aliphatic rings. The molecule has 172 valence electrons. The molecule has 1 aromatic heterocycles. The molecule has 0 radical (unpaired) electrons. The van der Waals surface area contributed by atoms with E-state index in [1.165, 1.54) is 11.1 Å². The minimum atomic E-state index is -0.161. The van der Waals surface area contributed by atoms with E-state index in [2.05, 4.69) is 41.6 Å². The van der Waals surface area contributed by atoms with E-state index >= 15 is 0 Å². The summed E-state index contributed by atoms with van der Waals surface area (Å²) in [7, 11) is 0. The lowest BCUT2D eigenvalue weighted by molar-refractivity contribution is -0.117. The van der Waals surface area contributed by atoms with Crippen LogP contribution in [0.25, 0.3) is 6.08 Å². The van der Waals surface area contributed by atoms with Gasteiger partial charge in [-0.2, -0.15) is 5.10 Å². The molecular weight excluding hydrogens is 414 g/mol. The fourth-order valence-electron chi connectivity index (χ4n) is 3.93. The van der Waals surface area contributed by atoms with E-state index in [4.69, 9.17) is 9.47 Å². The number of amides is 1. The number of hydrogen-bond acceptors (Lipinski definition) is 4. The van der Waals surface area contributed by atoms with Gasteiger partial charge in [-0.25, -0.2) is 0 Å². The van der Waals surface area contributed by atoms with Gasteiger partial charge in [-0.05, 0) is 57.0 Å². The molecule has 0 bridgehead atoms. The third kappa shape index (κ3) is 5.45. The van der Waals surface area contributed by atoms with Crippen molar-refractivity contribution >= 4 is 12.0 Å². The predicted octanol–water partition coefficient (Wildman–Crippen LogP) is 4.91. The topological polar surface area (TPSA) is 65.4 Å². The summed E-state index contributed by atoms with van der Waals surface area (Å²) < 4.78 is 13.4. The number of benzene rings is 2. The van der Waals surface area contributed by atoms with Crippen molar-refractivity contribution < 1.29 is 14.3 Å². The minimum absolute atomic E-state index is 0.153. The van der Waals surface area contributed by atoms with E-state index < -0.39 is 0 Å². The van der Waals surface area contributed by atoms with Crippen LogP contribution in [-0.2, 0) is 11.3 Å². The monoisotopic (exact) mass is 445 g/mol. The van der Waals surface area contributed by atoms with Gasteiger partial charge in [0, 0.05) is 23.8 Å². The largest absolute Gasteiger partial charge is 0.490 e. The molecule has 0 aliphatic carbocycles. The number of carbonyl (C=O) groups excluding carboxylic acids is 1. The number of nitrogens with one attached hydrogen (secondary N) is 1. The Hall–Kier alpha value is -3.54. The molecule has 4 rings (SSSR count). The lowest BCUT2D eigenvalue weighted by atomic mass is 10.1. The highest BCUT2D eigenvalue weighted by Gasteiger charge is 2.15. The number of nitrogens with zero attached hydrogens (tertiary/aromatic N) is 2. The van der Waals surface area contributed by atoms with Crippen molar-refractivity contribution in [2.45, 2.75) is 46.7 Å². The number of rotatable bonds is 6. The van der Waals surface area contributed by atoms with Crippen LogP contribution in [-0.4, -0.2) is 28.9 Å². The number of hydrogen-bond donors (Lipinski definition) is 1. The lowest BCUT2D eigenvalue weighted by Gasteiger charge is -2.15. The molecule has 2 aromatic carbocycles. The van der Waals surface area contributed by atoms with Gasteiger partial charge in [-0.1, -0.05) is 35.9 Å². The van der Waals surface area contributed by atoms with Crippen molar-refractivity contribution in [1.82, 2.24) is 15.1 Å². The fourth-order valence-corrected chi connectivity index (χ4v) is 3.93. The van der Waals surface area contributed by atoms with Crippen molar-refractivity contribution in [3.8, 4) is 11.5 Å². The molecule has 0 saturated carbocycles. The molecule has 33 heavy (non-hydrogen) atoms. The van der Waals surface area contributed by atoms with Gasteiger partial charge >= 0.3 is 0 Å². The SMILES string of the molecule is Cc1ccc(Cn2nc(C)c(/C=C/C(=O)NC(C)c3ccc4c(c3)OCCCO4)c2C)cc1. The van der Waals surface area contributed by atoms with Crippen molar-refractivity contribution in [2.24, 2.45) is 0 Å². The van der Waals surface area contributed by atoms with Crippen LogP contribution in [0.2, 0.25) is 0 Å². The van der Waals surface area contributed by atoms with Crippen LogP contribution in [0.3, 0.4) is 0 Å². The smallest absolute Gasteiger partial charge is 0.244 e. The Morgan fingerprint density at radius 1 is 1.09 bits per heavy atom. The first-order valence-electron chi connectivity index (χ1n) is 11.4. The second-order valence-corrected chi connectivity index (χ2v) is 8.55. The van der Waals surface area contributed by atoms with Gasteiger partial charge in [0.05, 0.1) is 31.5 Å². The molecule has 6 nitrogen and oxygen atoms in total. The van der Waals surface area contributed by atoms with Crippen LogP contribution < -0.4 is 14.8 Å². The molecule has 1 amide bonds. The molecule has 6 heteroatoms. The van der Waals surface area contributed by atoms with Gasteiger partial charge < -0.3 is 14.8 Å². The minimum Gasteiger partial charge on any atom is -0.490 e. The maximum atomic E-state index is 12.6. The Labute approximate surface area is 195 Å². The van der Waals surface area contributed by atoms with E-state index in [1.807, 2.05) is 49.7 Å². The maximum Gasteiger partial charge on any atom is 0.244 e. The first-order chi connectivity index (χ1) is 15.9. The Morgan fingerprint density at radius 2 is 1.82 bits per heavy atom. The predicted molar refractivity (Wildman–Crippen MR) is 130 cm³/mol. The van der Waals surface area contributed by atoms with Crippen LogP contribution in [0.5, 0.6) is 11.5 Å². The van der Waals surface area contributed by atoms with Crippen LogP contribution in [0, 0.1) is 20.8 Å². The van der Waals surface area contributed by atoms with Gasteiger partial charge in [0.25, 0.3) is 0 Å². The molecule has 1 N–H and O–H groups in total. The van der Waals surface area contributed by atoms with E-state index in [0.29, 0.717) is 19.8 Å². The lowest BCUT2D eigenvalue weighted by Crippen LogP contribution is -2.24. The summed E-state index contributed by atoms with van der Waals surface area (Å²) in [5, 5.41) is 7.70. The first kappa shape index (κ1) is 22.6. The van der Waals surface area contributed by atoms with Gasteiger partial charge in [-0.3, -0.25) is 9.48 Å². The summed E-state index contributed by atoms with van der Waals surface area (Å²) in [6, 6.07) is 14.1. The standard InChI is InChI=1S/C27H31N3O3/c1-18-6-8-22(9-7-18)17-30-21(4)24(20(3)29-30)11-13-27(31)28-19(2)23-10-12-25-26(16-23)33-15-5-14-32-25/h6-13,16,19H,5,14-15,17H2,1-4H3,(H,28,31)/b13-11+. The second-order valence-electron chi connectivity index (χ2n) is 8.55. The summed E-state index contributed by atoms with van der Waals surface area (Å²) >= 11 is 0. The first-order valence-corrected chi connectivity index (χ1v) is 11.4. The number of fused-ring (bicyclic) bond motifs is 1. The normalized spacial score (nSPS) is 14.2. The zero-order chi connectivity index (χ0) is 23.4. The summed E-state index contributed by atoms with van der Waals surface area (Å²) in [4.78, 5) is 12.6. The van der Waals surface area contributed by atoms with Gasteiger partial charge in [0.15, 0.2) is 11.5 Å². The van der Waals surface area contributed by atoms with E-state index in [9.17, 15) is 4.79 Å². The molecule has 1 unspecified atom stereocenters. The van der Waals surface area contributed by atoms with Crippen LogP contribution in [0.4, 0.5) is 0 Å². The zero-order valence-electron chi connectivity index (χ0n) is 19.7. The van der Waals surface area contributed by atoms with Gasteiger partial charge in [-0.15, -0.1) is 0 Å². The summed E-state index contributed by atoms with van der Waals surface area (Å²) in [6.45, 7) is 10.0. The highest BCUT2D eigenvalue weighted by molar-refractivity contribution is 5.92. The fraction of sp³-hybridized carbons (Fsp3) is 0.333. The van der Waals surface area contributed by atoms with Gasteiger partial charge in [0.1, 0.15) is 0 Å². The Morgan fingerprint density at radius 3 is 2.58 bits per heavy atom. The molecule has 1 atom stereocenters.